The van der Waals surface area contributed by atoms with Crippen LogP contribution in [0.4, 0.5) is 5.69 Å². The van der Waals surface area contributed by atoms with Gasteiger partial charge in [0.2, 0.25) is 0 Å². The lowest BCUT2D eigenvalue weighted by Gasteiger charge is -2.06. The Bertz CT molecular complexity index is 534. The zero-order chi connectivity index (χ0) is 12.6. The molecule has 3 nitrogen and oxygen atoms in total. The fourth-order valence-electron chi connectivity index (χ4n) is 1.51. The summed E-state index contributed by atoms with van der Waals surface area (Å²) in [6.07, 6.45) is 1.63. The standard InChI is InChI=1S/C14H13N3S/c15-11-14-13(7-4-8-16-14)17-9-10-18-12-5-2-1-3-6-12/h1-8,17H,9-10H2. The van der Waals surface area contributed by atoms with Gasteiger partial charge >= 0.3 is 0 Å². The van der Waals surface area contributed by atoms with Gasteiger partial charge in [0.1, 0.15) is 6.07 Å². The number of hydrogen-bond acceptors (Lipinski definition) is 4. The first-order valence-corrected chi connectivity index (χ1v) is 6.65. The first-order valence-electron chi connectivity index (χ1n) is 5.67. The maximum absolute atomic E-state index is 8.90. The van der Waals surface area contributed by atoms with Gasteiger partial charge in [-0.15, -0.1) is 11.8 Å². The van der Waals surface area contributed by atoms with Crippen LogP contribution in [-0.2, 0) is 0 Å². The van der Waals surface area contributed by atoms with Crippen LogP contribution in [0.1, 0.15) is 5.69 Å². The highest BCUT2D eigenvalue weighted by molar-refractivity contribution is 7.99. The summed E-state index contributed by atoms with van der Waals surface area (Å²) in [4.78, 5) is 5.26. The minimum absolute atomic E-state index is 0.446. The Morgan fingerprint density at radius 1 is 1.17 bits per heavy atom. The summed E-state index contributed by atoms with van der Waals surface area (Å²) in [5, 5.41) is 12.1. The highest BCUT2D eigenvalue weighted by Crippen LogP contribution is 2.17. The summed E-state index contributed by atoms with van der Waals surface area (Å²) in [6, 6.07) is 16.0. The van der Waals surface area contributed by atoms with Crippen molar-refractivity contribution in [3.05, 3.63) is 54.4 Å². The maximum atomic E-state index is 8.90. The second-order valence-electron chi connectivity index (χ2n) is 3.60. The molecular formula is C14H13N3S. The van der Waals surface area contributed by atoms with Crippen LogP contribution in [0.15, 0.2) is 53.6 Å². The van der Waals surface area contributed by atoms with Crippen LogP contribution < -0.4 is 5.32 Å². The lowest BCUT2D eigenvalue weighted by molar-refractivity contribution is 1.18. The smallest absolute Gasteiger partial charge is 0.163 e. The third-order valence-corrected chi connectivity index (χ3v) is 3.36. The van der Waals surface area contributed by atoms with E-state index in [0.29, 0.717) is 5.69 Å². The number of pyridine rings is 1. The topological polar surface area (TPSA) is 48.7 Å². The number of nitriles is 1. The molecule has 0 amide bonds. The van der Waals surface area contributed by atoms with E-state index in [9.17, 15) is 0 Å². The zero-order valence-electron chi connectivity index (χ0n) is 9.84. The second-order valence-corrected chi connectivity index (χ2v) is 4.77. The number of nitrogens with zero attached hydrogens (tertiary/aromatic N) is 2. The Balaban J connectivity index is 1.81. The number of thioether (sulfide) groups is 1. The van der Waals surface area contributed by atoms with Gasteiger partial charge in [0.25, 0.3) is 0 Å². The number of benzene rings is 1. The molecule has 0 aliphatic rings. The molecule has 1 aromatic carbocycles. The number of anilines is 1. The fraction of sp³-hybridized carbons (Fsp3) is 0.143. The van der Waals surface area contributed by atoms with Crippen LogP contribution >= 0.6 is 11.8 Å². The molecule has 0 spiro atoms. The predicted octanol–water partition coefficient (Wildman–Crippen LogP) is 3.16. The van der Waals surface area contributed by atoms with Crippen LogP contribution in [0.3, 0.4) is 0 Å². The second kappa shape index (κ2) is 6.67. The van der Waals surface area contributed by atoms with E-state index in [2.05, 4.69) is 28.5 Å². The lowest BCUT2D eigenvalue weighted by Crippen LogP contribution is -2.06. The van der Waals surface area contributed by atoms with E-state index in [0.717, 1.165) is 18.0 Å². The number of rotatable bonds is 5. The van der Waals surface area contributed by atoms with Crippen molar-refractivity contribution in [3.8, 4) is 6.07 Å². The van der Waals surface area contributed by atoms with Gasteiger partial charge in [-0.3, -0.25) is 0 Å². The number of hydrogen-bond donors (Lipinski definition) is 1. The molecule has 0 aliphatic heterocycles. The summed E-state index contributed by atoms with van der Waals surface area (Å²) >= 11 is 1.79. The third-order valence-electron chi connectivity index (χ3n) is 2.34. The van der Waals surface area contributed by atoms with Gasteiger partial charge < -0.3 is 5.32 Å². The van der Waals surface area contributed by atoms with Gasteiger partial charge in [-0.1, -0.05) is 18.2 Å². The van der Waals surface area contributed by atoms with E-state index in [-0.39, 0.29) is 0 Å². The molecule has 0 saturated heterocycles. The minimum atomic E-state index is 0.446. The van der Waals surface area contributed by atoms with Crippen molar-refractivity contribution in [1.82, 2.24) is 4.98 Å². The third kappa shape index (κ3) is 3.51. The van der Waals surface area contributed by atoms with Gasteiger partial charge in [0, 0.05) is 23.4 Å². The van der Waals surface area contributed by atoms with E-state index >= 15 is 0 Å². The molecule has 1 heterocycles. The van der Waals surface area contributed by atoms with Gasteiger partial charge in [0.05, 0.1) is 5.69 Å². The van der Waals surface area contributed by atoms with Crippen molar-refractivity contribution in [2.45, 2.75) is 4.90 Å². The molecule has 1 N–H and O–H groups in total. The van der Waals surface area contributed by atoms with E-state index in [1.54, 1.807) is 18.0 Å². The van der Waals surface area contributed by atoms with Crippen LogP contribution in [0.2, 0.25) is 0 Å². The van der Waals surface area contributed by atoms with Gasteiger partial charge in [-0.25, -0.2) is 4.98 Å². The van der Waals surface area contributed by atoms with Crippen LogP contribution in [0.5, 0.6) is 0 Å². The van der Waals surface area contributed by atoms with Crippen molar-refractivity contribution >= 4 is 17.4 Å². The summed E-state index contributed by atoms with van der Waals surface area (Å²) in [7, 11) is 0. The molecule has 18 heavy (non-hydrogen) atoms. The maximum Gasteiger partial charge on any atom is 0.163 e. The first kappa shape index (κ1) is 12.5. The molecule has 0 atom stereocenters. The van der Waals surface area contributed by atoms with Crippen LogP contribution in [0.25, 0.3) is 0 Å². The van der Waals surface area contributed by atoms with Crippen LogP contribution in [-0.4, -0.2) is 17.3 Å². The van der Waals surface area contributed by atoms with Crippen LogP contribution in [0, 0.1) is 11.3 Å². The molecule has 0 saturated carbocycles. The Labute approximate surface area is 111 Å². The summed E-state index contributed by atoms with van der Waals surface area (Å²) in [5.41, 5.74) is 1.25. The summed E-state index contributed by atoms with van der Waals surface area (Å²) in [6.45, 7) is 0.805. The molecule has 0 fully saturated rings. The Kier molecular flexibility index (Phi) is 4.62. The summed E-state index contributed by atoms with van der Waals surface area (Å²) in [5.74, 6) is 0.948. The minimum Gasteiger partial charge on any atom is -0.382 e. The van der Waals surface area contributed by atoms with E-state index in [1.165, 1.54) is 4.90 Å². The zero-order valence-corrected chi connectivity index (χ0v) is 10.7. The molecule has 0 unspecified atom stereocenters. The quantitative estimate of drug-likeness (QED) is 0.658. The molecule has 2 rings (SSSR count). The largest absolute Gasteiger partial charge is 0.382 e. The molecule has 4 heteroatoms. The average Bonchev–Trinajstić information content (AvgIpc) is 2.45. The monoisotopic (exact) mass is 255 g/mol. The normalized spacial score (nSPS) is 9.72. The van der Waals surface area contributed by atoms with Crippen molar-refractivity contribution in [1.29, 1.82) is 5.26 Å². The molecule has 1 aromatic heterocycles. The highest BCUT2D eigenvalue weighted by atomic mass is 32.2. The van der Waals surface area contributed by atoms with Gasteiger partial charge in [-0.05, 0) is 24.3 Å². The Morgan fingerprint density at radius 3 is 2.78 bits per heavy atom. The van der Waals surface area contributed by atoms with Crippen molar-refractivity contribution < 1.29 is 0 Å². The van der Waals surface area contributed by atoms with E-state index < -0.39 is 0 Å². The molecule has 0 bridgehead atoms. The van der Waals surface area contributed by atoms with Crippen molar-refractivity contribution in [2.75, 3.05) is 17.6 Å². The van der Waals surface area contributed by atoms with Crippen molar-refractivity contribution in [3.63, 3.8) is 0 Å². The van der Waals surface area contributed by atoms with Gasteiger partial charge in [-0.2, -0.15) is 5.26 Å². The molecule has 90 valence electrons. The highest BCUT2D eigenvalue weighted by Gasteiger charge is 2.00. The first-order chi connectivity index (χ1) is 8.90. The Hall–Kier alpha value is -1.99. The summed E-state index contributed by atoms with van der Waals surface area (Å²) < 4.78 is 0. The lowest BCUT2D eigenvalue weighted by atomic mass is 10.3. The number of aromatic nitrogens is 1. The average molecular weight is 255 g/mol. The molecule has 0 aliphatic carbocycles. The SMILES string of the molecule is N#Cc1ncccc1NCCSc1ccccc1. The van der Waals surface area contributed by atoms with Gasteiger partial charge in [0.15, 0.2) is 5.69 Å². The van der Waals surface area contributed by atoms with E-state index in [1.807, 2.05) is 30.3 Å². The fourth-order valence-corrected chi connectivity index (χ4v) is 2.30. The molecular weight excluding hydrogens is 242 g/mol. The van der Waals surface area contributed by atoms with Crippen molar-refractivity contribution in [2.24, 2.45) is 0 Å². The Morgan fingerprint density at radius 2 is 2.00 bits per heavy atom. The van der Waals surface area contributed by atoms with E-state index in [4.69, 9.17) is 5.26 Å². The molecule has 2 aromatic rings. The predicted molar refractivity (Wildman–Crippen MR) is 74.6 cm³/mol. The number of nitrogens with one attached hydrogen (secondary N) is 1. The molecule has 0 radical (unpaired) electrons.